The highest BCUT2D eigenvalue weighted by atomic mass is 15.3. The Bertz CT molecular complexity index is 685. The minimum absolute atomic E-state index is 0.631. The Labute approximate surface area is 98.7 Å². The fourth-order valence-corrected chi connectivity index (χ4v) is 1.94. The summed E-state index contributed by atoms with van der Waals surface area (Å²) in [5, 5.41) is 5.41. The second-order valence-electron chi connectivity index (χ2n) is 3.98. The Kier molecular flexibility index (Phi) is 2.08. The average Bonchev–Trinajstić information content (AvgIpc) is 2.75. The van der Waals surface area contributed by atoms with E-state index in [4.69, 9.17) is 5.73 Å². The standard InChI is InChI=1S/C13H12N4/c1-9-6-7-17(16-9)13-10-4-2-3-5-12(10)15-8-11(13)14/h2-8H,14H2,1H3. The van der Waals surface area contributed by atoms with E-state index in [0.717, 1.165) is 22.3 Å². The lowest BCUT2D eigenvalue weighted by Crippen LogP contribution is -2.02. The van der Waals surface area contributed by atoms with Crippen molar-refractivity contribution in [2.45, 2.75) is 6.92 Å². The molecule has 2 aromatic heterocycles. The number of hydrogen-bond acceptors (Lipinski definition) is 3. The number of hydrogen-bond donors (Lipinski definition) is 1. The maximum Gasteiger partial charge on any atom is 0.0984 e. The van der Waals surface area contributed by atoms with Crippen molar-refractivity contribution in [1.29, 1.82) is 0 Å². The van der Waals surface area contributed by atoms with Gasteiger partial charge in [0, 0.05) is 11.6 Å². The van der Waals surface area contributed by atoms with E-state index in [0.29, 0.717) is 5.69 Å². The molecule has 0 aliphatic heterocycles. The minimum Gasteiger partial charge on any atom is -0.396 e. The van der Waals surface area contributed by atoms with Gasteiger partial charge < -0.3 is 5.73 Å². The smallest absolute Gasteiger partial charge is 0.0984 e. The molecule has 3 aromatic rings. The van der Waals surface area contributed by atoms with Crippen molar-refractivity contribution in [3.05, 3.63) is 48.4 Å². The molecule has 0 fully saturated rings. The first-order chi connectivity index (χ1) is 8.25. The van der Waals surface area contributed by atoms with E-state index in [9.17, 15) is 0 Å². The second kappa shape index (κ2) is 3.59. The predicted molar refractivity (Wildman–Crippen MR) is 68.0 cm³/mol. The van der Waals surface area contributed by atoms with Gasteiger partial charge >= 0.3 is 0 Å². The Morgan fingerprint density at radius 3 is 2.76 bits per heavy atom. The average molecular weight is 224 g/mol. The van der Waals surface area contributed by atoms with Crippen molar-refractivity contribution < 1.29 is 0 Å². The van der Waals surface area contributed by atoms with Crippen LogP contribution in [0.25, 0.3) is 16.6 Å². The van der Waals surface area contributed by atoms with Crippen LogP contribution in [0.5, 0.6) is 0 Å². The van der Waals surface area contributed by atoms with Crippen molar-refractivity contribution in [2.24, 2.45) is 0 Å². The third-order valence-electron chi connectivity index (χ3n) is 2.73. The maximum atomic E-state index is 6.00. The molecule has 2 heterocycles. The molecule has 17 heavy (non-hydrogen) atoms. The van der Waals surface area contributed by atoms with Gasteiger partial charge in [-0.2, -0.15) is 5.10 Å². The molecule has 0 aliphatic carbocycles. The van der Waals surface area contributed by atoms with E-state index in [1.165, 1.54) is 0 Å². The zero-order valence-corrected chi connectivity index (χ0v) is 9.46. The van der Waals surface area contributed by atoms with E-state index in [2.05, 4.69) is 10.1 Å². The minimum atomic E-state index is 0.631. The zero-order chi connectivity index (χ0) is 11.8. The molecule has 3 rings (SSSR count). The fourth-order valence-electron chi connectivity index (χ4n) is 1.94. The van der Waals surface area contributed by atoms with Crippen LogP contribution < -0.4 is 5.73 Å². The highest BCUT2D eigenvalue weighted by molar-refractivity contribution is 5.91. The van der Waals surface area contributed by atoms with Gasteiger partial charge in [0.2, 0.25) is 0 Å². The van der Waals surface area contributed by atoms with Crippen LogP contribution in [-0.2, 0) is 0 Å². The third kappa shape index (κ3) is 1.54. The largest absolute Gasteiger partial charge is 0.396 e. The summed E-state index contributed by atoms with van der Waals surface area (Å²) in [6.45, 7) is 1.95. The summed E-state index contributed by atoms with van der Waals surface area (Å²) in [5.41, 5.74) is 9.41. The predicted octanol–water partition coefficient (Wildman–Crippen LogP) is 2.31. The number of nitrogens with two attached hydrogens (primary N) is 1. The van der Waals surface area contributed by atoms with Crippen LogP contribution >= 0.6 is 0 Å². The number of rotatable bonds is 1. The molecule has 0 radical (unpaired) electrons. The lowest BCUT2D eigenvalue weighted by Gasteiger charge is -2.09. The van der Waals surface area contributed by atoms with E-state index in [-0.39, 0.29) is 0 Å². The number of anilines is 1. The molecule has 0 unspecified atom stereocenters. The molecule has 1 aromatic carbocycles. The van der Waals surface area contributed by atoms with Crippen molar-refractivity contribution in [3.8, 4) is 5.69 Å². The molecule has 0 spiro atoms. The third-order valence-corrected chi connectivity index (χ3v) is 2.73. The molecule has 0 saturated carbocycles. The van der Waals surface area contributed by atoms with Gasteiger partial charge in [-0.3, -0.25) is 4.98 Å². The summed E-state index contributed by atoms with van der Waals surface area (Å²) in [6.07, 6.45) is 3.59. The normalized spacial score (nSPS) is 10.9. The second-order valence-corrected chi connectivity index (χ2v) is 3.98. The molecule has 84 valence electrons. The monoisotopic (exact) mass is 224 g/mol. The van der Waals surface area contributed by atoms with Crippen LogP contribution in [0.1, 0.15) is 5.69 Å². The quantitative estimate of drug-likeness (QED) is 0.690. The number of fused-ring (bicyclic) bond motifs is 1. The summed E-state index contributed by atoms with van der Waals surface area (Å²) in [6, 6.07) is 9.86. The van der Waals surface area contributed by atoms with Gasteiger partial charge in [0.1, 0.15) is 0 Å². The number of benzene rings is 1. The number of nitrogen functional groups attached to an aromatic ring is 1. The van der Waals surface area contributed by atoms with Crippen molar-refractivity contribution in [2.75, 3.05) is 5.73 Å². The van der Waals surface area contributed by atoms with E-state index in [1.54, 1.807) is 10.9 Å². The van der Waals surface area contributed by atoms with Crippen LogP contribution in [0.3, 0.4) is 0 Å². The first-order valence-corrected chi connectivity index (χ1v) is 5.41. The summed E-state index contributed by atoms with van der Waals surface area (Å²) >= 11 is 0. The molecule has 0 aliphatic rings. The Morgan fingerprint density at radius 2 is 2.00 bits per heavy atom. The molecule has 0 bridgehead atoms. The van der Waals surface area contributed by atoms with Crippen molar-refractivity contribution in [1.82, 2.24) is 14.8 Å². The number of aryl methyl sites for hydroxylation is 1. The van der Waals surface area contributed by atoms with E-state index in [1.807, 2.05) is 43.5 Å². The molecule has 0 atom stereocenters. The van der Waals surface area contributed by atoms with Crippen molar-refractivity contribution >= 4 is 16.6 Å². The summed E-state index contributed by atoms with van der Waals surface area (Å²) in [5.74, 6) is 0. The van der Waals surface area contributed by atoms with Crippen LogP contribution in [0.4, 0.5) is 5.69 Å². The highest BCUT2D eigenvalue weighted by Gasteiger charge is 2.08. The number of pyridine rings is 1. The molecular formula is C13H12N4. The van der Waals surface area contributed by atoms with Crippen LogP contribution in [-0.4, -0.2) is 14.8 Å². The van der Waals surface area contributed by atoms with Crippen LogP contribution in [0.15, 0.2) is 42.7 Å². The van der Waals surface area contributed by atoms with Gasteiger partial charge in [-0.1, -0.05) is 18.2 Å². The molecule has 0 saturated heterocycles. The zero-order valence-electron chi connectivity index (χ0n) is 9.46. The van der Waals surface area contributed by atoms with E-state index < -0.39 is 0 Å². The molecular weight excluding hydrogens is 212 g/mol. The summed E-state index contributed by atoms with van der Waals surface area (Å²) in [4.78, 5) is 4.31. The van der Waals surface area contributed by atoms with Gasteiger partial charge in [-0.15, -0.1) is 0 Å². The number of nitrogens with zero attached hydrogens (tertiary/aromatic N) is 3. The Morgan fingerprint density at radius 1 is 1.18 bits per heavy atom. The van der Waals surface area contributed by atoms with Gasteiger partial charge in [0.15, 0.2) is 0 Å². The molecule has 2 N–H and O–H groups in total. The Hall–Kier alpha value is -2.36. The number of aromatic nitrogens is 3. The topological polar surface area (TPSA) is 56.7 Å². The maximum absolute atomic E-state index is 6.00. The first-order valence-electron chi connectivity index (χ1n) is 5.41. The van der Waals surface area contributed by atoms with Crippen molar-refractivity contribution in [3.63, 3.8) is 0 Å². The molecule has 4 nitrogen and oxygen atoms in total. The first kappa shape index (κ1) is 9.84. The lowest BCUT2D eigenvalue weighted by atomic mass is 10.1. The summed E-state index contributed by atoms with van der Waals surface area (Å²) in [7, 11) is 0. The summed E-state index contributed by atoms with van der Waals surface area (Å²) < 4.78 is 1.80. The van der Waals surface area contributed by atoms with Crippen LogP contribution in [0.2, 0.25) is 0 Å². The molecule has 0 amide bonds. The molecule has 4 heteroatoms. The van der Waals surface area contributed by atoms with Gasteiger partial charge in [0.05, 0.1) is 28.8 Å². The lowest BCUT2D eigenvalue weighted by molar-refractivity contribution is 0.870. The van der Waals surface area contributed by atoms with Gasteiger partial charge in [-0.25, -0.2) is 4.68 Å². The van der Waals surface area contributed by atoms with Crippen LogP contribution in [0, 0.1) is 6.92 Å². The van der Waals surface area contributed by atoms with Gasteiger partial charge in [0.25, 0.3) is 0 Å². The highest BCUT2D eigenvalue weighted by Crippen LogP contribution is 2.25. The Balaban J connectivity index is 2.38. The fraction of sp³-hybridized carbons (Fsp3) is 0.0769. The van der Waals surface area contributed by atoms with E-state index >= 15 is 0 Å². The SMILES string of the molecule is Cc1ccn(-c2c(N)cnc3ccccc23)n1. The number of para-hydroxylation sites is 1. The van der Waals surface area contributed by atoms with Gasteiger partial charge in [-0.05, 0) is 19.1 Å².